The van der Waals surface area contributed by atoms with Crippen molar-refractivity contribution in [2.75, 3.05) is 12.4 Å². The monoisotopic (exact) mass is 277 g/mol. The van der Waals surface area contributed by atoms with E-state index < -0.39 is 0 Å². The molecule has 0 unspecified atom stereocenters. The summed E-state index contributed by atoms with van der Waals surface area (Å²) in [5, 5.41) is 4.31. The molecule has 1 aromatic carbocycles. The molecule has 0 saturated carbocycles. The van der Waals surface area contributed by atoms with E-state index in [-0.39, 0.29) is 0 Å². The van der Waals surface area contributed by atoms with Crippen molar-refractivity contribution in [1.82, 2.24) is 14.7 Å². The van der Waals surface area contributed by atoms with Crippen LogP contribution in [0.25, 0.3) is 0 Å². The molecule has 1 heterocycles. The van der Waals surface area contributed by atoms with Crippen molar-refractivity contribution < 1.29 is 0 Å². The topological polar surface area (TPSA) is 21.1 Å². The maximum atomic E-state index is 5.90. The van der Waals surface area contributed by atoms with Gasteiger partial charge in [-0.1, -0.05) is 30.3 Å². The highest BCUT2D eigenvalue weighted by atomic mass is 35.5. The third-order valence-electron chi connectivity index (χ3n) is 3.07. The average molecular weight is 278 g/mol. The standard InChI is InChI=1S/C15H20ClN3/c1-2-19-13-15(10-17-19)12-18(9-8-16)11-14-6-4-3-5-7-14/h3-7,10,13H,2,8-9,11-12H2,1H3. The van der Waals surface area contributed by atoms with Crippen LogP contribution in [0.4, 0.5) is 0 Å². The lowest BCUT2D eigenvalue weighted by atomic mass is 10.2. The van der Waals surface area contributed by atoms with E-state index in [1.807, 2.05) is 16.9 Å². The van der Waals surface area contributed by atoms with Gasteiger partial charge in [-0.05, 0) is 12.5 Å². The van der Waals surface area contributed by atoms with E-state index in [4.69, 9.17) is 11.6 Å². The summed E-state index contributed by atoms with van der Waals surface area (Å²) >= 11 is 5.90. The van der Waals surface area contributed by atoms with Crippen molar-refractivity contribution in [3.63, 3.8) is 0 Å². The van der Waals surface area contributed by atoms with E-state index in [0.29, 0.717) is 5.88 Å². The number of alkyl halides is 1. The van der Waals surface area contributed by atoms with Crippen molar-refractivity contribution in [3.05, 3.63) is 53.9 Å². The predicted octanol–water partition coefficient (Wildman–Crippen LogP) is 3.14. The largest absolute Gasteiger partial charge is 0.294 e. The molecule has 0 saturated heterocycles. The molecular formula is C15H20ClN3. The molecule has 1 aromatic heterocycles. The molecular weight excluding hydrogens is 258 g/mol. The molecule has 0 aliphatic rings. The lowest BCUT2D eigenvalue weighted by Gasteiger charge is -2.20. The van der Waals surface area contributed by atoms with Gasteiger partial charge in [0, 0.05) is 43.8 Å². The summed E-state index contributed by atoms with van der Waals surface area (Å²) in [4.78, 5) is 2.35. The second-order valence-corrected chi connectivity index (χ2v) is 4.97. The summed E-state index contributed by atoms with van der Waals surface area (Å²) in [5.41, 5.74) is 2.55. The Morgan fingerprint density at radius 2 is 1.89 bits per heavy atom. The van der Waals surface area contributed by atoms with Crippen LogP contribution < -0.4 is 0 Å². The Kier molecular flexibility index (Phi) is 5.43. The fourth-order valence-electron chi connectivity index (χ4n) is 2.09. The molecule has 0 spiro atoms. The molecule has 0 aliphatic carbocycles. The Balaban J connectivity index is 1.99. The summed E-state index contributed by atoms with van der Waals surface area (Å²) in [7, 11) is 0. The number of rotatable bonds is 7. The molecule has 4 heteroatoms. The number of halogens is 1. The number of aryl methyl sites for hydroxylation is 1. The predicted molar refractivity (Wildman–Crippen MR) is 79.2 cm³/mol. The molecule has 2 rings (SSSR count). The van der Waals surface area contributed by atoms with Crippen LogP contribution in [-0.4, -0.2) is 27.1 Å². The smallest absolute Gasteiger partial charge is 0.0534 e. The zero-order chi connectivity index (χ0) is 13.5. The van der Waals surface area contributed by atoms with Gasteiger partial charge in [-0.25, -0.2) is 0 Å². The first-order valence-corrected chi connectivity index (χ1v) is 7.19. The Bertz CT molecular complexity index is 481. The minimum atomic E-state index is 0.648. The number of benzene rings is 1. The molecule has 0 bridgehead atoms. The lowest BCUT2D eigenvalue weighted by molar-refractivity contribution is 0.273. The van der Waals surface area contributed by atoms with Gasteiger partial charge in [0.05, 0.1) is 6.20 Å². The molecule has 0 atom stereocenters. The second kappa shape index (κ2) is 7.31. The average Bonchev–Trinajstić information content (AvgIpc) is 2.88. The molecule has 2 aromatic rings. The first-order valence-electron chi connectivity index (χ1n) is 6.65. The van der Waals surface area contributed by atoms with Gasteiger partial charge in [-0.15, -0.1) is 11.6 Å². The third kappa shape index (κ3) is 4.37. The maximum absolute atomic E-state index is 5.90. The van der Waals surface area contributed by atoms with Crippen LogP contribution in [0.5, 0.6) is 0 Å². The van der Waals surface area contributed by atoms with Gasteiger partial charge < -0.3 is 0 Å². The van der Waals surface area contributed by atoms with E-state index in [0.717, 1.165) is 26.2 Å². The zero-order valence-electron chi connectivity index (χ0n) is 11.3. The molecule has 0 radical (unpaired) electrons. The van der Waals surface area contributed by atoms with Gasteiger partial charge in [0.2, 0.25) is 0 Å². The minimum Gasteiger partial charge on any atom is -0.294 e. The molecule has 3 nitrogen and oxygen atoms in total. The number of hydrogen-bond acceptors (Lipinski definition) is 2. The lowest BCUT2D eigenvalue weighted by Crippen LogP contribution is -2.24. The maximum Gasteiger partial charge on any atom is 0.0534 e. The van der Waals surface area contributed by atoms with Gasteiger partial charge in [0.15, 0.2) is 0 Å². The Labute approximate surface area is 119 Å². The van der Waals surface area contributed by atoms with Crippen LogP contribution in [0.2, 0.25) is 0 Å². The molecule has 0 aliphatic heterocycles. The first-order chi connectivity index (χ1) is 9.31. The summed E-state index contributed by atoms with van der Waals surface area (Å²) in [6.45, 7) is 5.70. The molecule has 102 valence electrons. The number of aromatic nitrogens is 2. The van der Waals surface area contributed by atoms with Crippen molar-refractivity contribution in [1.29, 1.82) is 0 Å². The quantitative estimate of drug-likeness (QED) is 0.725. The van der Waals surface area contributed by atoms with Gasteiger partial charge in [0.25, 0.3) is 0 Å². The SMILES string of the molecule is CCn1cc(CN(CCCl)Cc2ccccc2)cn1. The van der Waals surface area contributed by atoms with E-state index in [9.17, 15) is 0 Å². The fraction of sp³-hybridized carbons (Fsp3) is 0.400. The second-order valence-electron chi connectivity index (χ2n) is 4.59. The highest BCUT2D eigenvalue weighted by molar-refractivity contribution is 6.18. The molecule has 0 fully saturated rings. The third-order valence-corrected chi connectivity index (χ3v) is 3.24. The van der Waals surface area contributed by atoms with Gasteiger partial charge in [-0.3, -0.25) is 9.58 Å². The van der Waals surface area contributed by atoms with Gasteiger partial charge in [0.1, 0.15) is 0 Å². The molecule has 0 amide bonds. The highest BCUT2D eigenvalue weighted by Crippen LogP contribution is 2.09. The summed E-state index contributed by atoms with van der Waals surface area (Å²) in [6.07, 6.45) is 4.04. The number of hydrogen-bond donors (Lipinski definition) is 0. The van der Waals surface area contributed by atoms with Crippen LogP contribution in [0.3, 0.4) is 0 Å². The van der Waals surface area contributed by atoms with Crippen molar-refractivity contribution in [2.24, 2.45) is 0 Å². The van der Waals surface area contributed by atoms with Gasteiger partial charge in [-0.2, -0.15) is 5.10 Å². The Morgan fingerprint density at radius 1 is 1.16 bits per heavy atom. The fourth-order valence-corrected chi connectivity index (χ4v) is 2.33. The van der Waals surface area contributed by atoms with Crippen molar-refractivity contribution in [3.8, 4) is 0 Å². The van der Waals surface area contributed by atoms with E-state index in [1.54, 1.807) is 0 Å². The van der Waals surface area contributed by atoms with Crippen molar-refractivity contribution in [2.45, 2.75) is 26.6 Å². The first kappa shape index (κ1) is 14.1. The van der Waals surface area contributed by atoms with E-state index >= 15 is 0 Å². The summed E-state index contributed by atoms with van der Waals surface area (Å²) in [6, 6.07) is 10.5. The van der Waals surface area contributed by atoms with E-state index in [1.165, 1.54) is 11.1 Å². The zero-order valence-corrected chi connectivity index (χ0v) is 12.1. The molecule has 19 heavy (non-hydrogen) atoms. The van der Waals surface area contributed by atoms with E-state index in [2.05, 4.69) is 47.4 Å². The van der Waals surface area contributed by atoms with Crippen LogP contribution in [0.15, 0.2) is 42.7 Å². The Hall–Kier alpha value is -1.32. The minimum absolute atomic E-state index is 0.648. The Morgan fingerprint density at radius 3 is 2.53 bits per heavy atom. The van der Waals surface area contributed by atoms with Crippen LogP contribution >= 0.6 is 11.6 Å². The summed E-state index contributed by atoms with van der Waals surface area (Å²) in [5.74, 6) is 0.648. The van der Waals surface area contributed by atoms with Gasteiger partial charge >= 0.3 is 0 Å². The van der Waals surface area contributed by atoms with Crippen LogP contribution in [0.1, 0.15) is 18.1 Å². The highest BCUT2D eigenvalue weighted by Gasteiger charge is 2.08. The summed E-state index contributed by atoms with van der Waals surface area (Å²) < 4.78 is 1.96. The normalized spacial score (nSPS) is 11.1. The van der Waals surface area contributed by atoms with Crippen LogP contribution in [-0.2, 0) is 19.6 Å². The van der Waals surface area contributed by atoms with Crippen molar-refractivity contribution >= 4 is 11.6 Å². The molecule has 0 N–H and O–H groups in total. The van der Waals surface area contributed by atoms with Crippen LogP contribution in [0, 0.1) is 0 Å². The number of nitrogens with zero attached hydrogens (tertiary/aromatic N) is 3.